The summed E-state index contributed by atoms with van der Waals surface area (Å²) in [4.78, 5) is 0. The molecule has 0 saturated carbocycles. The molecule has 0 amide bonds. The molecule has 10 N–H and O–H groups in total. The minimum atomic E-state index is -5.17. The van der Waals surface area contributed by atoms with E-state index in [9.17, 15) is 0 Å². The van der Waals surface area contributed by atoms with Crippen molar-refractivity contribution in [1.82, 2.24) is 0 Å². The van der Waals surface area contributed by atoms with Crippen LogP contribution >= 0.6 is 0 Å². The van der Waals surface area contributed by atoms with Crippen LogP contribution in [0.2, 0.25) is 0 Å². The van der Waals surface area contributed by atoms with Crippen molar-refractivity contribution in [2.75, 3.05) is 0 Å². The Morgan fingerprint density at radius 1 is 0.667 bits per heavy atom. The van der Waals surface area contributed by atoms with Crippen LogP contribution in [0.5, 0.6) is 0 Å². The molecule has 0 aromatic carbocycles. The molecule has 0 heterocycles. The molecule has 12 heteroatoms. The number of hydrogen-bond donors (Lipinski definition) is 0. The van der Waals surface area contributed by atoms with Crippen molar-refractivity contribution in [1.29, 1.82) is 0 Å². The standard InChI is InChI=1S/2Na.H2O4S.5H2O/c;;1-5(2,3)4;;;;;/h;;(H2,1,2,3,4);5*1H2/q2*+1;;;;;;/p-2. The molecule has 0 unspecified atom stereocenters. The van der Waals surface area contributed by atoms with Crippen molar-refractivity contribution >= 4 is 10.4 Å². The fraction of sp³-hybridized carbons (Fsp3) is 0. The average molecular weight is 232 g/mol. The van der Waals surface area contributed by atoms with Crippen molar-refractivity contribution in [3.05, 3.63) is 0 Å². The van der Waals surface area contributed by atoms with E-state index in [1.165, 1.54) is 0 Å². The van der Waals surface area contributed by atoms with E-state index in [-0.39, 0.29) is 86.5 Å². The molecular formula is H10Na2O9S. The zero-order valence-corrected chi connectivity index (χ0v) is 11.4. The van der Waals surface area contributed by atoms with Crippen LogP contribution in [0.15, 0.2) is 0 Å². The summed E-state index contributed by atoms with van der Waals surface area (Å²) < 4.78 is 34.1. The normalized spacial score (nSPS) is 4.83. The topological polar surface area (TPSA) is 238 Å². The van der Waals surface area contributed by atoms with Crippen LogP contribution in [0.1, 0.15) is 0 Å². The average Bonchev–Trinajstić information content (AvgIpc) is 0.722. The van der Waals surface area contributed by atoms with Crippen LogP contribution in [0.3, 0.4) is 0 Å². The molecule has 0 spiro atoms. The van der Waals surface area contributed by atoms with Gasteiger partial charge in [0.1, 0.15) is 0 Å². The van der Waals surface area contributed by atoms with E-state index in [1.807, 2.05) is 0 Å². The monoisotopic (exact) mass is 232 g/mol. The van der Waals surface area contributed by atoms with Gasteiger partial charge >= 0.3 is 59.1 Å². The quantitative estimate of drug-likeness (QED) is 0.224. The molecule has 9 nitrogen and oxygen atoms in total. The molecule has 0 aliphatic heterocycles. The summed E-state index contributed by atoms with van der Waals surface area (Å²) in [7, 11) is -5.17. The summed E-state index contributed by atoms with van der Waals surface area (Å²) >= 11 is 0. The predicted molar refractivity (Wildman–Crippen MR) is 28.5 cm³/mol. The maximum atomic E-state index is 8.52. The number of rotatable bonds is 0. The molecule has 0 aliphatic carbocycles. The zero-order valence-electron chi connectivity index (χ0n) is 6.54. The molecule has 0 fully saturated rings. The van der Waals surface area contributed by atoms with E-state index in [2.05, 4.69) is 0 Å². The van der Waals surface area contributed by atoms with Crippen LogP contribution in [-0.4, -0.2) is 44.9 Å². The van der Waals surface area contributed by atoms with Gasteiger partial charge in [0, 0.05) is 10.4 Å². The Kier molecular flexibility index (Phi) is 167. The molecule has 72 valence electrons. The van der Waals surface area contributed by atoms with Gasteiger partial charge in [0.2, 0.25) is 0 Å². The maximum absolute atomic E-state index is 8.52. The summed E-state index contributed by atoms with van der Waals surface area (Å²) in [6.45, 7) is 0. The summed E-state index contributed by atoms with van der Waals surface area (Å²) in [5, 5.41) is 0. The molecule has 0 aromatic rings. The Hall–Kier alpha value is 1.67. The van der Waals surface area contributed by atoms with Gasteiger partial charge in [-0.2, -0.15) is 0 Å². The first-order valence-corrected chi connectivity index (χ1v) is 2.00. The minimum absolute atomic E-state index is 0. The van der Waals surface area contributed by atoms with Gasteiger partial charge in [-0.25, -0.2) is 0 Å². The molecule has 12 heavy (non-hydrogen) atoms. The van der Waals surface area contributed by atoms with Crippen LogP contribution in [0.4, 0.5) is 0 Å². The van der Waals surface area contributed by atoms with E-state index in [0.29, 0.717) is 0 Å². The van der Waals surface area contributed by atoms with Crippen LogP contribution in [0, 0.1) is 0 Å². The van der Waals surface area contributed by atoms with E-state index in [0.717, 1.165) is 0 Å². The summed E-state index contributed by atoms with van der Waals surface area (Å²) in [6, 6.07) is 0. The van der Waals surface area contributed by atoms with Crippen molar-refractivity contribution < 1.29 is 104 Å². The summed E-state index contributed by atoms with van der Waals surface area (Å²) in [5.74, 6) is 0. The predicted octanol–water partition coefficient (Wildman–Crippen LogP) is -11.5. The molecular weight excluding hydrogens is 222 g/mol. The first-order chi connectivity index (χ1) is 2.00. The first kappa shape index (κ1) is 68.3. The molecule has 0 aromatic heterocycles. The van der Waals surface area contributed by atoms with Gasteiger partial charge in [0.25, 0.3) is 0 Å². The fourth-order valence-corrected chi connectivity index (χ4v) is 0. The van der Waals surface area contributed by atoms with Crippen molar-refractivity contribution in [3.8, 4) is 0 Å². The SMILES string of the molecule is O.O.O.O.O.O=S(=O)([O-])[O-].[Na+].[Na+]. The molecule has 0 atom stereocenters. The maximum Gasteiger partial charge on any atom is 1.00 e. The van der Waals surface area contributed by atoms with Gasteiger partial charge in [-0.1, -0.05) is 0 Å². The van der Waals surface area contributed by atoms with Crippen LogP contribution in [0.25, 0.3) is 0 Å². The van der Waals surface area contributed by atoms with Gasteiger partial charge in [0.05, 0.1) is 0 Å². The number of hydrogen-bond acceptors (Lipinski definition) is 4. The third-order valence-electron chi connectivity index (χ3n) is 0. The van der Waals surface area contributed by atoms with Gasteiger partial charge in [-0.15, -0.1) is 0 Å². The zero-order chi connectivity index (χ0) is 4.50. The van der Waals surface area contributed by atoms with Crippen molar-refractivity contribution in [2.45, 2.75) is 0 Å². The Bertz CT molecular complexity index is 95.7. The first-order valence-electron chi connectivity index (χ1n) is 0.667. The second-order valence-corrected chi connectivity index (χ2v) is 1.22. The summed E-state index contributed by atoms with van der Waals surface area (Å²) in [6.07, 6.45) is 0. The molecule has 0 saturated heterocycles. The Morgan fingerprint density at radius 2 is 0.667 bits per heavy atom. The van der Waals surface area contributed by atoms with Crippen molar-refractivity contribution in [3.63, 3.8) is 0 Å². The van der Waals surface area contributed by atoms with Gasteiger partial charge in [0.15, 0.2) is 0 Å². The second-order valence-electron chi connectivity index (χ2n) is 0.408. The van der Waals surface area contributed by atoms with Crippen molar-refractivity contribution in [2.24, 2.45) is 0 Å². The Balaban J connectivity index is -0.00000000381. The molecule has 0 bridgehead atoms. The minimum Gasteiger partial charge on any atom is -0.759 e. The third-order valence-corrected chi connectivity index (χ3v) is 0. The van der Waals surface area contributed by atoms with E-state index in [1.54, 1.807) is 0 Å². The smallest absolute Gasteiger partial charge is 0.759 e. The molecule has 0 rings (SSSR count). The summed E-state index contributed by atoms with van der Waals surface area (Å²) in [5.41, 5.74) is 0. The molecule has 0 aliphatic rings. The largest absolute Gasteiger partial charge is 1.00 e. The van der Waals surface area contributed by atoms with Gasteiger partial charge < -0.3 is 36.5 Å². The second kappa shape index (κ2) is 29.3. The third kappa shape index (κ3) is 476. The Morgan fingerprint density at radius 3 is 0.667 bits per heavy atom. The Labute approximate surface area is 113 Å². The van der Waals surface area contributed by atoms with Gasteiger partial charge in [-0.3, -0.25) is 8.42 Å². The van der Waals surface area contributed by atoms with E-state index < -0.39 is 10.4 Å². The molecule has 0 radical (unpaired) electrons. The van der Waals surface area contributed by atoms with Crippen LogP contribution < -0.4 is 59.1 Å². The van der Waals surface area contributed by atoms with E-state index in [4.69, 9.17) is 17.5 Å². The van der Waals surface area contributed by atoms with E-state index >= 15 is 0 Å². The van der Waals surface area contributed by atoms with Crippen LogP contribution in [-0.2, 0) is 10.4 Å². The van der Waals surface area contributed by atoms with Gasteiger partial charge in [-0.05, 0) is 0 Å². The fourth-order valence-electron chi connectivity index (χ4n) is 0.